The van der Waals surface area contributed by atoms with E-state index in [1.165, 1.54) is 16.7 Å². The molecule has 3 aromatic rings. The van der Waals surface area contributed by atoms with E-state index in [2.05, 4.69) is 53.1 Å². The van der Waals surface area contributed by atoms with Gasteiger partial charge in [-0.2, -0.15) is 0 Å². The lowest BCUT2D eigenvalue weighted by molar-refractivity contribution is 0.125. The van der Waals surface area contributed by atoms with Crippen LogP contribution in [0.1, 0.15) is 35.3 Å². The van der Waals surface area contributed by atoms with Crippen molar-refractivity contribution in [3.8, 4) is 5.75 Å². The van der Waals surface area contributed by atoms with Crippen LogP contribution in [0.4, 0.5) is 4.39 Å². The van der Waals surface area contributed by atoms with Crippen LogP contribution in [0.2, 0.25) is 0 Å². The molecular weight excluding hydrogens is 375 g/mol. The molecule has 4 rings (SSSR count). The van der Waals surface area contributed by atoms with Crippen LogP contribution in [-0.2, 0) is 13.1 Å². The second-order valence-corrected chi connectivity index (χ2v) is 7.93. The third-order valence-corrected chi connectivity index (χ3v) is 5.63. The van der Waals surface area contributed by atoms with E-state index in [1.807, 2.05) is 31.2 Å². The second-order valence-electron chi connectivity index (χ2n) is 7.93. The maximum absolute atomic E-state index is 13.3. The number of rotatable bonds is 7. The van der Waals surface area contributed by atoms with Crippen molar-refractivity contribution in [2.75, 3.05) is 19.7 Å². The normalized spacial score (nSPS) is 17.4. The summed E-state index contributed by atoms with van der Waals surface area (Å²) < 4.78 is 18.9. The average Bonchev–Trinajstić information content (AvgIpc) is 3.13. The zero-order valence-electron chi connectivity index (χ0n) is 17.7. The lowest BCUT2D eigenvalue weighted by Gasteiger charge is -2.31. The van der Waals surface area contributed by atoms with Crippen LogP contribution >= 0.6 is 0 Å². The monoisotopic (exact) mass is 404 g/mol. The summed E-state index contributed by atoms with van der Waals surface area (Å²) in [5, 5.41) is 0. The molecule has 1 fully saturated rings. The Hall–Kier alpha value is -2.69. The molecule has 3 aromatic carbocycles. The predicted molar refractivity (Wildman–Crippen MR) is 119 cm³/mol. The highest BCUT2D eigenvalue weighted by Gasteiger charge is 2.33. The van der Waals surface area contributed by atoms with Gasteiger partial charge in [-0.15, -0.1) is 0 Å². The molecule has 0 amide bonds. The van der Waals surface area contributed by atoms with Crippen molar-refractivity contribution in [2.24, 2.45) is 0 Å². The van der Waals surface area contributed by atoms with E-state index in [9.17, 15) is 4.39 Å². The quantitative estimate of drug-likeness (QED) is 0.513. The van der Waals surface area contributed by atoms with Crippen molar-refractivity contribution in [2.45, 2.75) is 33.1 Å². The molecule has 0 unspecified atom stereocenters. The number of halogens is 1. The van der Waals surface area contributed by atoms with Crippen LogP contribution < -0.4 is 4.74 Å². The Morgan fingerprint density at radius 2 is 1.47 bits per heavy atom. The van der Waals surface area contributed by atoms with Crippen molar-refractivity contribution in [3.05, 3.63) is 101 Å². The van der Waals surface area contributed by atoms with E-state index in [-0.39, 0.29) is 12.0 Å². The molecule has 30 heavy (non-hydrogen) atoms. The van der Waals surface area contributed by atoms with Crippen LogP contribution in [0.3, 0.4) is 0 Å². The molecule has 156 valence electrons. The van der Waals surface area contributed by atoms with Crippen molar-refractivity contribution in [1.29, 1.82) is 0 Å². The summed E-state index contributed by atoms with van der Waals surface area (Å²) >= 11 is 0. The molecule has 3 nitrogen and oxygen atoms in total. The van der Waals surface area contributed by atoms with Crippen molar-refractivity contribution >= 4 is 0 Å². The van der Waals surface area contributed by atoms with Gasteiger partial charge in [-0.1, -0.05) is 54.1 Å². The maximum atomic E-state index is 13.3. The summed E-state index contributed by atoms with van der Waals surface area (Å²) in [4.78, 5) is 5.00. The lowest BCUT2D eigenvalue weighted by Crippen LogP contribution is -2.30. The molecule has 1 heterocycles. The zero-order valence-corrected chi connectivity index (χ0v) is 17.7. The van der Waals surface area contributed by atoms with Gasteiger partial charge >= 0.3 is 0 Å². The fraction of sp³-hybridized carbons (Fsp3) is 0.308. The van der Waals surface area contributed by atoms with E-state index in [1.54, 1.807) is 12.1 Å². The predicted octanol–water partition coefficient (Wildman–Crippen LogP) is 5.55. The van der Waals surface area contributed by atoms with Crippen LogP contribution in [0.25, 0.3) is 0 Å². The molecule has 0 bridgehead atoms. The summed E-state index contributed by atoms with van der Waals surface area (Å²) in [6.07, 6.45) is 0.196. The number of hydrogen-bond donors (Lipinski definition) is 0. The van der Waals surface area contributed by atoms with E-state index in [4.69, 9.17) is 4.74 Å². The van der Waals surface area contributed by atoms with E-state index in [0.29, 0.717) is 6.61 Å². The molecule has 1 saturated heterocycles. The minimum absolute atomic E-state index is 0.187. The first kappa shape index (κ1) is 20.6. The second kappa shape index (κ2) is 9.41. The third kappa shape index (κ3) is 4.89. The van der Waals surface area contributed by atoms with Crippen LogP contribution in [0.15, 0.2) is 72.8 Å². The first-order valence-electron chi connectivity index (χ1n) is 10.6. The van der Waals surface area contributed by atoms with Gasteiger partial charge in [-0.05, 0) is 54.8 Å². The average molecular weight is 405 g/mol. The standard InChI is InChI=1S/C26H29FN2O/c1-3-30-25-13-9-22(10-14-25)19-29-16-15-28(18-21-7-11-24(27)12-8-21)26(29)23-6-4-5-20(2)17-23/h4-14,17,26H,3,15-16,18-19H2,1-2H3/t26-/m0/s1. The molecule has 0 aromatic heterocycles. The lowest BCUT2D eigenvalue weighted by atomic mass is 10.1. The number of aryl methyl sites for hydroxylation is 1. The van der Waals surface area contributed by atoms with Crippen molar-refractivity contribution in [3.63, 3.8) is 0 Å². The molecule has 0 N–H and O–H groups in total. The van der Waals surface area contributed by atoms with E-state index < -0.39 is 0 Å². The third-order valence-electron chi connectivity index (χ3n) is 5.63. The summed E-state index contributed by atoms with van der Waals surface area (Å²) in [5.41, 5.74) is 4.99. The van der Waals surface area contributed by atoms with Gasteiger partial charge in [0.05, 0.1) is 12.8 Å². The molecule has 1 atom stereocenters. The zero-order chi connectivity index (χ0) is 20.9. The van der Waals surface area contributed by atoms with Gasteiger partial charge in [0, 0.05) is 26.2 Å². The Morgan fingerprint density at radius 1 is 0.867 bits per heavy atom. The number of ether oxygens (including phenoxy) is 1. The first-order chi connectivity index (χ1) is 14.6. The first-order valence-corrected chi connectivity index (χ1v) is 10.6. The van der Waals surface area contributed by atoms with Crippen molar-refractivity contribution < 1.29 is 9.13 Å². The Balaban J connectivity index is 1.56. The summed E-state index contributed by atoms with van der Waals surface area (Å²) in [7, 11) is 0. The molecule has 0 radical (unpaired) electrons. The molecule has 0 saturated carbocycles. The largest absolute Gasteiger partial charge is 0.494 e. The highest BCUT2D eigenvalue weighted by Crippen LogP contribution is 2.33. The minimum atomic E-state index is -0.187. The summed E-state index contributed by atoms with van der Waals surface area (Å²) in [6, 6.07) is 24.0. The fourth-order valence-electron chi connectivity index (χ4n) is 4.23. The Bertz CT molecular complexity index is 956. The molecule has 0 aliphatic carbocycles. The number of hydrogen-bond acceptors (Lipinski definition) is 3. The van der Waals surface area contributed by atoms with Gasteiger partial charge in [0.25, 0.3) is 0 Å². The Kier molecular flexibility index (Phi) is 6.46. The molecule has 0 spiro atoms. The van der Waals surface area contributed by atoms with E-state index in [0.717, 1.165) is 37.5 Å². The van der Waals surface area contributed by atoms with Crippen molar-refractivity contribution in [1.82, 2.24) is 9.80 Å². The van der Waals surface area contributed by atoms with Crippen LogP contribution in [-0.4, -0.2) is 29.5 Å². The van der Waals surface area contributed by atoms with Gasteiger partial charge in [-0.25, -0.2) is 4.39 Å². The molecule has 1 aliphatic rings. The van der Waals surface area contributed by atoms with Gasteiger partial charge < -0.3 is 4.74 Å². The topological polar surface area (TPSA) is 15.7 Å². The Labute approximate surface area is 178 Å². The molecule has 1 aliphatic heterocycles. The summed E-state index contributed by atoms with van der Waals surface area (Å²) in [5.74, 6) is 0.725. The molecular formula is C26H29FN2O. The van der Waals surface area contributed by atoms with E-state index >= 15 is 0 Å². The van der Waals surface area contributed by atoms with Crippen LogP contribution in [0.5, 0.6) is 5.75 Å². The van der Waals surface area contributed by atoms with Gasteiger partial charge in [0.1, 0.15) is 11.6 Å². The van der Waals surface area contributed by atoms with Gasteiger partial charge in [0.15, 0.2) is 0 Å². The number of nitrogens with zero attached hydrogens (tertiary/aromatic N) is 2. The van der Waals surface area contributed by atoms with Crippen LogP contribution in [0, 0.1) is 12.7 Å². The highest BCUT2D eigenvalue weighted by atomic mass is 19.1. The highest BCUT2D eigenvalue weighted by molar-refractivity contribution is 5.29. The maximum Gasteiger partial charge on any atom is 0.123 e. The number of benzene rings is 3. The summed E-state index contributed by atoms with van der Waals surface area (Å²) in [6.45, 7) is 8.47. The van der Waals surface area contributed by atoms with Gasteiger partial charge in [-0.3, -0.25) is 9.80 Å². The minimum Gasteiger partial charge on any atom is -0.494 e. The Morgan fingerprint density at radius 3 is 2.03 bits per heavy atom. The fourth-order valence-corrected chi connectivity index (χ4v) is 4.23. The molecule has 4 heteroatoms. The van der Waals surface area contributed by atoms with Gasteiger partial charge in [0.2, 0.25) is 0 Å². The SMILES string of the molecule is CCOc1ccc(CN2CCN(Cc3ccc(F)cc3)[C@@H]2c2cccc(C)c2)cc1. The smallest absolute Gasteiger partial charge is 0.123 e.